The number of carbonyl (C=O) groups is 2. The molecule has 0 spiro atoms. The lowest BCUT2D eigenvalue weighted by Gasteiger charge is -2.17. The molecule has 3 aromatic carbocycles. The monoisotopic (exact) mass is 555 g/mol. The lowest BCUT2D eigenvalue weighted by Crippen LogP contribution is -2.47. The normalized spacial score (nSPS) is 11.6. The summed E-state index contributed by atoms with van der Waals surface area (Å²) in [6.07, 6.45) is 1.49. The third-order valence-electron chi connectivity index (χ3n) is 4.96. The molecule has 0 heterocycles. The van der Waals surface area contributed by atoms with Crippen molar-refractivity contribution >= 4 is 45.7 Å². The van der Waals surface area contributed by atoms with E-state index in [-0.39, 0.29) is 5.91 Å². The van der Waals surface area contributed by atoms with E-state index < -0.39 is 11.9 Å². The van der Waals surface area contributed by atoms with Crippen LogP contribution in [-0.2, 0) is 10.5 Å². The predicted octanol–water partition coefficient (Wildman–Crippen LogP) is 4.65. The molecule has 0 radical (unpaired) electrons. The quantitative estimate of drug-likeness (QED) is 0.265. The molecule has 7 nitrogen and oxygen atoms in total. The summed E-state index contributed by atoms with van der Waals surface area (Å²) in [5.41, 5.74) is 4.79. The molecule has 0 saturated carbocycles. The van der Waals surface area contributed by atoms with Crippen molar-refractivity contribution in [3.05, 3.63) is 94.0 Å². The fourth-order valence-corrected chi connectivity index (χ4v) is 4.58. The maximum atomic E-state index is 13.0. The maximum absolute atomic E-state index is 13.0. The molecule has 9 heteroatoms. The molecule has 2 amide bonds. The summed E-state index contributed by atoms with van der Waals surface area (Å²) < 4.78 is 11.2. The molecule has 2 N–H and O–H groups in total. The molecule has 0 aliphatic rings. The Kier molecular flexibility index (Phi) is 10.2. The van der Waals surface area contributed by atoms with Crippen LogP contribution in [-0.4, -0.2) is 44.0 Å². The van der Waals surface area contributed by atoms with Crippen LogP contribution in [0.4, 0.5) is 0 Å². The van der Waals surface area contributed by atoms with E-state index in [1.807, 2.05) is 36.4 Å². The third kappa shape index (κ3) is 7.87. The molecule has 1 atom stereocenters. The van der Waals surface area contributed by atoms with E-state index >= 15 is 0 Å². The Morgan fingerprint density at radius 1 is 1.03 bits per heavy atom. The van der Waals surface area contributed by atoms with Crippen molar-refractivity contribution in [2.24, 2.45) is 5.10 Å². The molecule has 0 saturated heterocycles. The van der Waals surface area contributed by atoms with Gasteiger partial charge in [0.2, 0.25) is 0 Å². The molecule has 3 rings (SSSR count). The first kappa shape index (κ1) is 26.3. The molecule has 1 unspecified atom stereocenters. The fourth-order valence-electron chi connectivity index (χ4n) is 3.10. The van der Waals surface area contributed by atoms with E-state index in [1.54, 1.807) is 62.4 Å². The number of benzene rings is 3. The minimum atomic E-state index is -0.793. The summed E-state index contributed by atoms with van der Waals surface area (Å²) in [4.78, 5) is 25.8. The zero-order valence-corrected chi connectivity index (χ0v) is 21.8. The Morgan fingerprint density at radius 2 is 1.77 bits per heavy atom. The molecular weight excluding hydrogens is 530 g/mol. The maximum Gasteiger partial charge on any atom is 0.263 e. The van der Waals surface area contributed by atoms with E-state index in [0.29, 0.717) is 38.6 Å². The Labute approximate surface area is 217 Å². The van der Waals surface area contributed by atoms with Gasteiger partial charge in [0, 0.05) is 27.6 Å². The van der Waals surface area contributed by atoms with Gasteiger partial charge in [0.25, 0.3) is 11.8 Å². The highest BCUT2D eigenvalue weighted by atomic mass is 79.9. The number of hydrogen-bond acceptors (Lipinski definition) is 6. The zero-order valence-electron chi connectivity index (χ0n) is 19.4. The highest BCUT2D eigenvalue weighted by molar-refractivity contribution is 9.10. The van der Waals surface area contributed by atoms with Crippen molar-refractivity contribution in [3.8, 4) is 11.5 Å². The number of amides is 2. The Morgan fingerprint density at radius 3 is 2.49 bits per heavy atom. The van der Waals surface area contributed by atoms with Crippen molar-refractivity contribution in [3.63, 3.8) is 0 Å². The summed E-state index contributed by atoms with van der Waals surface area (Å²) in [7, 11) is 3.11. The minimum Gasteiger partial charge on any atom is -0.497 e. The number of ether oxygens (including phenoxy) is 2. The van der Waals surface area contributed by atoms with Crippen molar-refractivity contribution in [2.75, 3.05) is 20.0 Å². The average molecular weight is 556 g/mol. The second kappa shape index (κ2) is 13.6. The predicted molar refractivity (Wildman–Crippen MR) is 143 cm³/mol. The third-order valence-corrected chi connectivity index (χ3v) is 6.75. The molecular formula is C26H26BrN3O4S. The molecule has 0 bridgehead atoms. The fraction of sp³-hybridized carbons (Fsp3) is 0.192. The minimum absolute atomic E-state index is 0.348. The summed E-state index contributed by atoms with van der Waals surface area (Å²) in [6.45, 7) is 0. The number of methoxy groups -OCH3 is 2. The molecule has 0 aliphatic carbocycles. The first-order valence-corrected chi connectivity index (χ1v) is 12.7. The SMILES string of the molecule is COc1ccc(C=NNC(=O)C(CSCc2ccccc2)NC(=O)c2ccccc2Br)c(OC)c1. The number of halogens is 1. The first-order valence-electron chi connectivity index (χ1n) is 10.7. The van der Waals surface area contributed by atoms with Gasteiger partial charge in [-0.25, -0.2) is 5.43 Å². The molecule has 0 aromatic heterocycles. The summed E-state index contributed by atoms with van der Waals surface area (Å²) >= 11 is 4.94. The average Bonchev–Trinajstić information content (AvgIpc) is 2.88. The van der Waals surface area contributed by atoms with E-state index in [1.165, 1.54) is 6.21 Å². The van der Waals surface area contributed by atoms with E-state index in [2.05, 4.69) is 31.8 Å². The summed E-state index contributed by atoms with van der Waals surface area (Å²) in [5.74, 6) is 1.52. The topological polar surface area (TPSA) is 89.0 Å². The van der Waals surface area contributed by atoms with Crippen LogP contribution in [0.15, 0.2) is 82.4 Å². The van der Waals surface area contributed by atoms with Crippen molar-refractivity contribution in [1.29, 1.82) is 0 Å². The summed E-state index contributed by atoms with van der Waals surface area (Å²) in [6, 6.07) is 21.5. The second-order valence-corrected chi connectivity index (χ2v) is 9.23. The number of thioether (sulfide) groups is 1. The number of rotatable bonds is 11. The summed E-state index contributed by atoms with van der Waals surface area (Å²) in [5, 5.41) is 6.90. The Balaban J connectivity index is 1.69. The van der Waals surface area contributed by atoms with E-state index in [0.717, 1.165) is 5.56 Å². The first-order chi connectivity index (χ1) is 17.0. The van der Waals surface area contributed by atoms with Gasteiger partial charge in [-0.05, 0) is 45.8 Å². The van der Waals surface area contributed by atoms with Gasteiger partial charge in [0.1, 0.15) is 17.5 Å². The molecule has 0 fully saturated rings. The van der Waals surface area contributed by atoms with Gasteiger partial charge in [-0.3, -0.25) is 9.59 Å². The van der Waals surface area contributed by atoms with Gasteiger partial charge >= 0.3 is 0 Å². The van der Waals surface area contributed by atoms with Gasteiger partial charge in [0.15, 0.2) is 0 Å². The largest absolute Gasteiger partial charge is 0.497 e. The number of carbonyl (C=O) groups excluding carboxylic acids is 2. The van der Waals surface area contributed by atoms with Crippen LogP contribution in [0.25, 0.3) is 0 Å². The molecule has 182 valence electrons. The highest BCUT2D eigenvalue weighted by Crippen LogP contribution is 2.23. The number of hydrogen-bond donors (Lipinski definition) is 2. The van der Waals surface area contributed by atoms with Crippen molar-refractivity contribution < 1.29 is 19.1 Å². The van der Waals surface area contributed by atoms with Crippen LogP contribution in [0.3, 0.4) is 0 Å². The number of nitrogens with one attached hydrogen (secondary N) is 2. The lowest BCUT2D eigenvalue weighted by atomic mass is 10.2. The second-order valence-electron chi connectivity index (χ2n) is 7.35. The van der Waals surface area contributed by atoms with Crippen LogP contribution in [0.5, 0.6) is 11.5 Å². The van der Waals surface area contributed by atoms with Crippen molar-refractivity contribution in [1.82, 2.24) is 10.7 Å². The highest BCUT2D eigenvalue weighted by Gasteiger charge is 2.22. The number of hydrazone groups is 1. The zero-order chi connectivity index (χ0) is 25.0. The standard InChI is InChI=1S/C26H26BrN3O4S/c1-33-20-13-12-19(24(14-20)34-2)15-28-30-26(32)23(17-35-16-18-8-4-3-5-9-18)29-25(31)21-10-6-7-11-22(21)27/h3-15,23H,16-17H2,1-2H3,(H,29,31)(H,30,32). The van der Waals surface area contributed by atoms with E-state index in [9.17, 15) is 9.59 Å². The van der Waals surface area contributed by atoms with Crippen LogP contribution in [0.2, 0.25) is 0 Å². The van der Waals surface area contributed by atoms with Crippen LogP contribution in [0, 0.1) is 0 Å². The van der Waals surface area contributed by atoms with Gasteiger partial charge in [-0.15, -0.1) is 0 Å². The molecule has 0 aliphatic heterocycles. The van der Waals surface area contributed by atoms with Crippen LogP contribution < -0.4 is 20.2 Å². The lowest BCUT2D eigenvalue weighted by molar-refractivity contribution is -0.122. The Bertz CT molecular complexity index is 1170. The molecule has 3 aromatic rings. The van der Waals surface area contributed by atoms with Gasteiger partial charge in [-0.1, -0.05) is 42.5 Å². The van der Waals surface area contributed by atoms with Crippen LogP contribution >= 0.6 is 27.7 Å². The van der Waals surface area contributed by atoms with E-state index in [4.69, 9.17) is 9.47 Å². The Hall–Kier alpha value is -3.30. The van der Waals surface area contributed by atoms with Gasteiger partial charge < -0.3 is 14.8 Å². The molecule has 35 heavy (non-hydrogen) atoms. The van der Waals surface area contributed by atoms with Gasteiger partial charge in [0.05, 0.1) is 26.0 Å². The smallest absolute Gasteiger partial charge is 0.263 e. The van der Waals surface area contributed by atoms with Crippen molar-refractivity contribution in [2.45, 2.75) is 11.8 Å². The van der Waals surface area contributed by atoms with Gasteiger partial charge in [-0.2, -0.15) is 16.9 Å². The van der Waals surface area contributed by atoms with Crippen LogP contribution in [0.1, 0.15) is 21.5 Å². The number of nitrogens with zero attached hydrogens (tertiary/aromatic N) is 1.